The van der Waals surface area contributed by atoms with Crippen LogP contribution in [0.3, 0.4) is 0 Å². The van der Waals surface area contributed by atoms with Crippen LogP contribution in [0.25, 0.3) is 0 Å². The van der Waals surface area contributed by atoms with Crippen molar-refractivity contribution >= 4 is 17.7 Å². The van der Waals surface area contributed by atoms with Gasteiger partial charge in [-0.25, -0.2) is 9.78 Å². The predicted octanol–water partition coefficient (Wildman–Crippen LogP) is 1.35. The number of hydrogen-bond donors (Lipinski definition) is 3. The molecule has 104 valence electrons. The molecule has 1 rings (SSSR count). The summed E-state index contributed by atoms with van der Waals surface area (Å²) in [5, 5.41) is 14.6. The number of carboxylic acid groups (broad SMARTS) is 1. The first kappa shape index (κ1) is 14.9. The van der Waals surface area contributed by atoms with Crippen molar-refractivity contribution < 1.29 is 14.7 Å². The summed E-state index contributed by atoms with van der Waals surface area (Å²) in [6, 6.07) is 4.79. The van der Waals surface area contributed by atoms with Gasteiger partial charge >= 0.3 is 5.97 Å². The SMILES string of the molecule is CC(C)C(=O)NCCCNc1cccc(C(=O)O)n1. The van der Waals surface area contributed by atoms with Crippen molar-refractivity contribution in [1.29, 1.82) is 0 Å². The fourth-order valence-corrected chi connectivity index (χ4v) is 1.37. The number of nitrogens with one attached hydrogen (secondary N) is 2. The quantitative estimate of drug-likeness (QED) is 0.647. The number of hydrogen-bond acceptors (Lipinski definition) is 4. The van der Waals surface area contributed by atoms with Gasteiger partial charge in [0.25, 0.3) is 0 Å². The predicted molar refractivity (Wildman–Crippen MR) is 72.2 cm³/mol. The van der Waals surface area contributed by atoms with E-state index in [9.17, 15) is 9.59 Å². The number of aromatic nitrogens is 1. The average molecular weight is 265 g/mol. The summed E-state index contributed by atoms with van der Waals surface area (Å²) in [6.07, 6.45) is 0.747. The molecule has 0 unspecified atom stereocenters. The molecule has 3 N–H and O–H groups in total. The number of carbonyl (C=O) groups is 2. The van der Waals surface area contributed by atoms with Crippen molar-refractivity contribution in [1.82, 2.24) is 10.3 Å². The number of carboxylic acids is 1. The van der Waals surface area contributed by atoms with Gasteiger partial charge in [0.05, 0.1) is 0 Å². The molecule has 1 aromatic rings. The van der Waals surface area contributed by atoms with Gasteiger partial charge in [-0.05, 0) is 18.6 Å². The Hall–Kier alpha value is -2.11. The van der Waals surface area contributed by atoms with Gasteiger partial charge < -0.3 is 15.7 Å². The summed E-state index contributed by atoms with van der Waals surface area (Å²) in [5.74, 6) is -0.504. The van der Waals surface area contributed by atoms with Crippen LogP contribution in [0.1, 0.15) is 30.8 Å². The molecule has 1 aromatic heterocycles. The van der Waals surface area contributed by atoms with E-state index in [-0.39, 0.29) is 17.5 Å². The maximum Gasteiger partial charge on any atom is 0.354 e. The maximum absolute atomic E-state index is 11.3. The fourth-order valence-electron chi connectivity index (χ4n) is 1.37. The third-order valence-corrected chi connectivity index (χ3v) is 2.45. The second kappa shape index (κ2) is 7.35. The van der Waals surface area contributed by atoms with Crippen LogP contribution < -0.4 is 10.6 Å². The van der Waals surface area contributed by atoms with Crippen LogP contribution in [0.2, 0.25) is 0 Å². The topological polar surface area (TPSA) is 91.3 Å². The lowest BCUT2D eigenvalue weighted by Crippen LogP contribution is -2.29. The Morgan fingerprint density at radius 1 is 1.32 bits per heavy atom. The molecule has 0 spiro atoms. The zero-order chi connectivity index (χ0) is 14.3. The van der Waals surface area contributed by atoms with E-state index in [2.05, 4.69) is 15.6 Å². The molecule has 0 aromatic carbocycles. The molecule has 0 atom stereocenters. The van der Waals surface area contributed by atoms with E-state index >= 15 is 0 Å². The number of aromatic carboxylic acids is 1. The smallest absolute Gasteiger partial charge is 0.354 e. The second-order valence-corrected chi connectivity index (χ2v) is 4.44. The van der Waals surface area contributed by atoms with Crippen LogP contribution in [0, 0.1) is 5.92 Å². The highest BCUT2D eigenvalue weighted by molar-refractivity contribution is 5.85. The van der Waals surface area contributed by atoms with Gasteiger partial charge in [-0.3, -0.25) is 4.79 Å². The minimum absolute atomic E-state index is 0.0121. The Morgan fingerprint density at radius 3 is 2.68 bits per heavy atom. The highest BCUT2D eigenvalue weighted by Crippen LogP contribution is 2.04. The third-order valence-electron chi connectivity index (χ3n) is 2.45. The molecule has 0 aliphatic carbocycles. The van der Waals surface area contributed by atoms with Gasteiger partial charge in [-0.15, -0.1) is 0 Å². The van der Waals surface area contributed by atoms with Gasteiger partial charge in [0, 0.05) is 19.0 Å². The van der Waals surface area contributed by atoms with Crippen LogP contribution in [0.5, 0.6) is 0 Å². The van der Waals surface area contributed by atoms with E-state index in [1.165, 1.54) is 6.07 Å². The van der Waals surface area contributed by atoms with Crippen molar-refractivity contribution in [2.24, 2.45) is 5.92 Å². The monoisotopic (exact) mass is 265 g/mol. The van der Waals surface area contributed by atoms with Crippen molar-refractivity contribution in [3.8, 4) is 0 Å². The number of anilines is 1. The Kier molecular flexibility index (Phi) is 5.78. The number of nitrogens with zero attached hydrogens (tertiary/aromatic N) is 1. The molecule has 0 saturated heterocycles. The molecular formula is C13H19N3O3. The molecule has 0 aliphatic rings. The van der Waals surface area contributed by atoms with E-state index in [0.717, 1.165) is 6.42 Å². The number of amides is 1. The Labute approximate surface area is 112 Å². The minimum Gasteiger partial charge on any atom is -0.477 e. The van der Waals surface area contributed by atoms with E-state index in [1.54, 1.807) is 12.1 Å². The Morgan fingerprint density at radius 2 is 2.05 bits per heavy atom. The van der Waals surface area contributed by atoms with Gasteiger partial charge in [0.1, 0.15) is 5.82 Å². The first-order valence-corrected chi connectivity index (χ1v) is 6.22. The van der Waals surface area contributed by atoms with Crippen molar-refractivity contribution in [3.63, 3.8) is 0 Å². The first-order chi connectivity index (χ1) is 9.00. The lowest BCUT2D eigenvalue weighted by molar-refractivity contribution is -0.123. The van der Waals surface area contributed by atoms with Crippen LogP contribution in [0.4, 0.5) is 5.82 Å². The van der Waals surface area contributed by atoms with Crippen molar-refractivity contribution in [2.75, 3.05) is 18.4 Å². The van der Waals surface area contributed by atoms with Crippen LogP contribution in [-0.2, 0) is 4.79 Å². The molecule has 0 fully saturated rings. The van der Waals surface area contributed by atoms with Crippen LogP contribution >= 0.6 is 0 Å². The molecule has 1 amide bonds. The lowest BCUT2D eigenvalue weighted by Gasteiger charge is -2.08. The van der Waals surface area contributed by atoms with E-state index in [4.69, 9.17) is 5.11 Å². The van der Waals surface area contributed by atoms with E-state index in [0.29, 0.717) is 18.9 Å². The van der Waals surface area contributed by atoms with Crippen molar-refractivity contribution in [2.45, 2.75) is 20.3 Å². The summed E-state index contributed by atoms with van der Waals surface area (Å²) >= 11 is 0. The van der Waals surface area contributed by atoms with Crippen LogP contribution in [0.15, 0.2) is 18.2 Å². The Bertz CT molecular complexity index is 447. The second-order valence-electron chi connectivity index (χ2n) is 4.44. The molecule has 19 heavy (non-hydrogen) atoms. The zero-order valence-corrected chi connectivity index (χ0v) is 11.1. The summed E-state index contributed by atoms with van der Waals surface area (Å²) in [4.78, 5) is 26.0. The molecule has 0 radical (unpaired) electrons. The highest BCUT2D eigenvalue weighted by atomic mass is 16.4. The number of carbonyl (C=O) groups excluding carboxylic acids is 1. The highest BCUT2D eigenvalue weighted by Gasteiger charge is 2.06. The molecule has 0 aliphatic heterocycles. The summed E-state index contributed by atoms with van der Waals surface area (Å²) in [5.41, 5.74) is 0.0121. The molecule has 0 saturated carbocycles. The average Bonchev–Trinajstić information content (AvgIpc) is 2.38. The van der Waals surface area contributed by atoms with Crippen LogP contribution in [-0.4, -0.2) is 35.1 Å². The third kappa shape index (κ3) is 5.37. The molecule has 1 heterocycles. The van der Waals surface area contributed by atoms with Gasteiger partial charge in [-0.2, -0.15) is 0 Å². The minimum atomic E-state index is -1.05. The largest absolute Gasteiger partial charge is 0.477 e. The summed E-state index contributed by atoms with van der Waals surface area (Å²) < 4.78 is 0. The normalized spacial score (nSPS) is 10.3. The molecular weight excluding hydrogens is 246 g/mol. The van der Waals surface area contributed by atoms with Crippen molar-refractivity contribution in [3.05, 3.63) is 23.9 Å². The first-order valence-electron chi connectivity index (χ1n) is 6.22. The standard InChI is InChI=1S/C13H19N3O3/c1-9(2)12(17)15-8-4-7-14-11-6-3-5-10(16-11)13(18)19/h3,5-6,9H,4,7-8H2,1-2H3,(H,14,16)(H,15,17)(H,18,19). The fraction of sp³-hybridized carbons (Fsp3) is 0.462. The summed E-state index contributed by atoms with van der Waals surface area (Å²) in [6.45, 7) is 4.89. The van der Waals surface area contributed by atoms with Gasteiger partial charge in [0.2, 0.25) is 5.91 Å². The molecule has 0 bridgehead atoms. The summed E-state index contributed by atoms with van der Waals surface area (Å²) in [7, 11) is 0. The molecule has 6 nitrogen and oxygen atoms in total. The lowest BCUT2D eigenvalue weighted by atomic mass is 10.2. The van der Waals surface area contributed by atoms with E-state index < -0.39 is 5.97 Å². The zero-order valence-electron chi connectivity index (χ0n) is 11.1. The number of rotatable bonds is 7. The molecule has 6 heteroatoms. The Balaban J connectivity index is 2.28. The van der Waals surface area contributed by atoms with E-state index in [1.807, 2.05) is 13.8 Å². The number of pyridine rings is 1. The van der Waals surface area contributed by atoms with Gasteiger partial charge in [-0.1, -0.05) is 19.9 Å². The maximum atomic E-state index is 11.3. The van der Waals surface area contributed by atoms with Gasteiger partial charge in [0.15, 0.2) is 5.69 Å².